The van der Waals surface area contributed by atoms with Gasteiger partial charge in [0.05, 0.1) is 29.1 Å². The maximum absolute atomic E-state index is 13.2. The number of hydrogen-bond acceptors (Lipinski definition) is 3. The van der Waals surface area contributed by atoms with Crippen molar-refractivity contribution in [3.8, 4) is 5.69 Å². The van der Waals surface area contributed by atoms with Gasteiger partial charge in [-0.3, -0.25) is 9.59 Å². The number of benzene rings is 1. The zero-order valence-electron chi connectivity index (χ0n) is 15.5. The van der Waals surface area contributed by atoms with Crippen LogP contribution in [0.5, 0.6) is 0 Å². The number of halogens is 1. The van der Waals surface area contributed by atoms with E-state index < -0.39 is 5.97 Å². The third kappa shape index (κ3) is 4.18. The lowest BCUT2D eigenvalue weighted by molar-refractivity contribution is -0.142. The number of rotatable bonds is 5. The maximum atomic E-state index is 13.2. The minimum absolute atomic E-state index is 0.0257. The van der Waals surface area contributed by atoms with Crippen LogP contribution in [0.3, 0.4) is 0 Å². The van der Waals surface area contributed by atoms with Crippen LogP contribution >= 0.6 is 0 Å². The number of carboxylic acid groups (broad SMARTS) is 1. The van der Waals surface area contributed by atoms with Gasteiger partial charge in [0.2, 0.25) is 0 Å². The van der Waals surface area contributed by atoms with Crippen molar-refractivity contribution in [3.05, 3.63) is 47.5 Å². The molecule has 1 fully saturated rings. The molecule has 0 bridgehead atoms. The van der Waals surface area contributed by atoms with Gasteiger partial charge in [0.15, 0.2) is 0 Å². The van der Waals surface area contributed by atoms with Gasteiger partial charge in [-0.1, -0.05) is 13.8 Å². The van der Waals surface area contributed by atoms with Crippen LogP contribution in [0.1, 0.15) is 61.5 Å². The summed E-state index contributed by atoms with van der Waals surface area (Å²) in [6, 6.07) is 5.96. The number of aromatic nitrogens is 2. The van der Waals surface area contributed by atoms with Crippen molar-refractivity contribution in [2.45, 2.75) is 51.5 Å². The second kappa shape index (κ2) is 7.90. The SMILES string of the molecule is CC(C)c1c(C(=O)NC2CCC(C(=O)O)CC2)cnn1-c1ccc(F)cc1. The highest BCUT2D eigenvalue weighted by molar-refractivity contribution is 5.95. The van der Waals surface area contributed by atoms with Gasteiger partial charge in [0.25, 0.3) is 5.91 Å². The van der Waals surface area contributed by atoms with Crippen LogP contribution in [0.15, 0.2) is 30.5 Å². The first kappa shape index (κ1) is 19.1. The van der Waals surface area contributed by atoms with E-state index in [-0.39, 0.29) is 29.6 Å². The zero-order valence-corrected chi connectivity index (χ0v) is 15.5. The van der Waals surface area contributed by atoms with Crippen LogP contribution in [0.25, 0.3) is 5.69 Å². The highest BCUT2D eigenvalue weighted by Gasteiger charge is 2.28. The van der Waals surface area contributed by atoms with Crippen LogP contribution in [-0.2, 0) is 4.79 Å². The summed E-state index contributed by atoms with van der Waals surface area (Å²) in [6.07, 6.45) is 4.01. The number of carboxylic acids is 1. The average Bonchev–Trinajstić information content (AvgIpc) is 3.08. The van der Waals surface area contributed by atoms with Crippen molar-refractivity contribution in [1.82, 2.24) is 15.1 Å². The molecule has 1 aromatic heterocycles. The predicted molar refractivity (Wildman–Crippen MR) is 98.5 cm³/mol. The van der Waals surface area contributed by atoms with Crippen molar-refractivity contribution in [1.29, 1.82) is 0 Å². The van der Waals surface area contributed by atoms with Crippen molar-refractivity contribution >= 4 is 11.9 Å². The number of nitrogens with zero attached hydrogens (tertiary/aromatic N) is 2. The fraction of sp³-hybridized carbons (Fsp3) is 0.450. The Kier molecular flexibility index (Phi) is 5.58. The molecule has 7 heteroatoms. The van der Waals surface area contributed by atoms with Crippen LogP contribution in [-0.4, -0.2) is 32.8 Å². The first-order valence-electron chi connectivity index (χ1n) is 9.24. The van der Waals surface area contributed by atoms with E-state index in [1.807, 2.05) is 13.8 Å². The van der Waals surface area contributed by atoms with Gasteiger partial charge in [-0.15, -0.1) is 0 Å². The van der Waals surface area contributed by atoms with Gasteiger partial charge in [0.1, 0.15) is 5.82 Å². The molecular formula is C20H24FN3O3. The van der Waals surface area contributed by atoms with Crippen molar-refractivity contribution in [2.24, 2.45) is 5.92 Å². The lowest BCUT2D eigenvalue weighted by Gasteiger charge is -2.27. The van der Waals surface area contributed by atoms with E-state index in [1.54, 1.807) is 16.8 Å². The van der Waals surface area contributed by atoms with Gasteiger partial charge in [-0.2, -0.15) is 5.10 Å². The van der Waals surface area contributed by atoms with E-state index in [4.69, 9.17) is 5.11 Å². The summed E-state index contributed by atoms with van der Waals surface area (Å²) in [5, 5.41) is 16.4. The molecule has 1 aliphatic carbocycles. The third-order valence-corrected chi connectivity index (χ3v) is 5.08. The Hall–Kier alpha value is -2.70. The van der Waals surface area contributed by atoms with Crippen LogP contribution in [0.4, 0.5) is 4.39 Å². The number of hydrogen-bond donors (Lipinski definition) is 2. The quantitative estimate of drug-likeness (QED) is 0.840. The first-order chi connectivity index (χ1) is 12.9. The molecule has 1 amide bonds. The van der Waals surface area contributed by atoms with E-state index in [1.165, 1.54) is 18.3 Å². The molecule has 0 aliphatic heterocycles. The highest BCUT2D eigenvalue weighted by Crippen LogP contribution is 2.26. The van der Waals surface area contributed by atoms with E-state index in [0.717, 1.165) is 5.69 Å². The molecule has 1 saturated carbocycles. The topological polar surface area (TPSA) is 84.2 Å². The van der Waals surface area contributed by atoms with Crippen molar-refractivity contribution < 1.29 is 19.1 Å². The van der Waals surface area contributed by atoms with Gasteiger partial charge in [-0.25, -0.2) is 9.07 Å². The molecule has 2 aromatic rings. The summed E-state index contributed by atoms with van der Waals surface area (Å²) in [6.45, 7) is 3.96. The van der Waals surface area contributed by atoms with Gasteiger partial charge < -0.3 is 10.4 Å². The fourth-order valence-corrected chi connectivity index (χ4v) is 3.62. The Bertz CT molecular complexity index is 821. The Morgan fingerprint density at radius 3 is 2.37 bits per heavy atom. The average molecular weight is 373 g/mol. The minimum atomic E-state index is -0.762. The second-order valence-corrected chi connectivity index (χ2v) is 7.35. The number of amides is 1. The summed E-state index contributed by atoms with van der Waals surface area (Å²) in [5.74, 6) is -1.56. The number of carbonyl (C=O) groups is 2. The van der Waals surface area contributed by atoms with Gasteiger partial charge in [-0.05, 0) is 55.9 Å². The molecule has 1 aliphatic rings. The van der Waals surface area contributed by atoms with Crippen molar-refractivity contribution in [3.63, 3.8) is 0 Å². The minimum Gasteiger partial charge on any atom is -0.481 e. The highest BCUT2D eigenvalue weighted by atomic mass is 19.1. The van der Waals surface area contributed by atoms with E-state index >= 15 is 0 Å². The molecule has 2 N–H and O–H groups in total. The fourth-order valence-electron chi connectivity index (χ4n) is 3.62. The summed E-state index contributed by atoms with van der Waals surface area (Å²) >= 11 is 0. The predicted octanol–water partition coefficient (Wildman–Crippen LogP) is 3.51. The van der Waals surface area contributed by atoms with Crippen LogP contribution in [0, 0.1) is 11.7 Å². The standard InChI is InChI=1S/C20H24FN3O3/c1-12(2)18-17(11-22-24(18)16-9-5-14(21)6-10-16)19(25)23-15-7-3-13(4-8-15)20(26)27/h5-6,9-13,15H,3-4,7-8H2,1-2H3,(H,23,25)(H,26,27). The van der Waals surface area contributed by atoms with E-state index in [2.05, 4.69) is 10.4 Å². The molecule has 0 atom stereocenters. The molecular weight excluding hydrogens is 349 g/mol. The van der Waals surface area contributed by atoms with Gasteiger partial charge >= 0.3 is 5.97 Å². The van der Waals surface area contributed by atoms with Crippen LogP contribution < -0.4 is 5.32 Å². The van der Waals surface area contributed by atoms with Crippen molar-refractivity contribution in [2.75, 3.05) is 0 Å². The Morgan fingerprint density at radius 2 is 1.81 bits per heavy atom. The van der Waals surface area contributed by atoms with E-state index in [9.17, 15) is 14.0 Å². The van der Waals surface area contributed by atoms with E-state index in [0.29, 0.717) is 36.9 Å². The first-order valence-corrected chi connectivity index (χ1v) is 9.24. The molecule has 1 aromatic carbocycles. The zero-order chi connectivity index (χ0) is 19.6. The summed E-state index contributed by atoms with van der Waals surface area (Å²) < 4.78 is 14.9. The molecule has 0 spiro atoms. The molecule has 6 nitrogen and oxygen atoms in total. The van der Waals surface area contributed by atoms with Gasteiger partial charge in [0, 0.05) is 6.04 Å². The lowest BCUT2D eigenvalue weighted by atomic mass is 9.86. The monoisotopic (exact) mass is 373 g/mol. The largest absolute Gasteiger partial charge is 0.481 e. The summed E-state index contributed by atoms with van der Waals surface area (Å²) in [5.41, 5.74) is 1.95. The smallest absolute Gasteiger partial charge is 0.306 e. The summed E-state index contributed by atoms with van der Waals surface area (Å²) in [7, 11) is 0. The Morgan fingerprint density at radius 1 is 1.19 bits per heavy atom. The maximum Gasteiger partial charge on any atom is 0.306 e. The molecule has 27 heavy (non-hydrogen) atoms. The Balaban J connectivity index is 1.77. The number of nitrogens with one attached hydrogen (secondary N) is 1. The molecule has 0 radical (unpaired) electrons. The Labute approximate surface area is 157 Å². The molecule has 3 rings (SSSR count). The summed E-state index contributed by atoms with van der Waals surface area (Å²) in [4.78, 5) is 23.9. The molecule has 0 saturated heterocycles. The number of carbonyl (C=O) groups excluding carboxylic acids is 1. The number of aliphatic carboxylic acids is 1. The van der Waals surface area contributed by atoms with Crippen LogP contribution in [0.2, 0.25) is 0 Å². The normalized spacial score (nSPS) is 19.9. The molecule has 0 unspecified atom stereocenters. The third-order valence-electron chi connectivity index (χ3n) is 5.08. The molecule has 1 heterocycles. The second-order valence-electron chi connectivity index (χ2n) is 7.35. The lowest BCUT2D eigenvalue weighted by Crippen LogP contribution is -2.39. The molecule has 144 valence electrons.